The Morgan fingerprint density at radius 1 is 1.25 bits per heavy atom. The summed E-state index contributed by atoms with van der Waals surface area (Å²) in [5.41, 5.74) is -0.780. The molecule has 104 valence electrons. The fourth-order valence-electron chi connectivity index (χ4n) is 1.66. The third-order valence-corrected chi connectivity index (χ3v) is 2.82. The number of ether oxygens (including phenoxy) is 1. The first-order chi connectivity index (χ1) is 9.56. The van der Waals surface area contributed by atoms with Crippen LogP contribution in [0.2, 0.25) is 0 Å². The Bertz CT molecular complexity index is 744. The van der Waals surface area contributed by atoms with Crippen LogP contribution in [0.15, 0.2) is 33.9 Å². The molecule has 0 aliphatic heterocycles. The molecule has 0 unspecified atom stereocenters. The van der Waals surface area contributed by atoms with E-state index in [1.54, 1.807) is 31.4 Å². The Balaban J connectivity index is 2.45. The van der Waals surface area contributed by atoms with E-state index in [0.717, 1.165) is 4.57 Å². The Morgan fingerprint density at radius 2 is 1.90 bits per heavy atom. The maximum atomic E-state index is 11.8. The highest BCUT2D eigenvalue weighted by Gasteiger charge is 2.11. The van der Waals surface area contributed by atoms with E-state index in [4.69, 9.17) is 4.74 Å². The van der Waals surface area contributed by atoms with Crippen LogP contribution in [0.25, 0.3) is 0 Å². The highest BCUT2D eigenvalue weighted by atomic mass is 16.5. The standard InChI is InChI=1S/C13H13N3O4/c1-16-12(18)10(7-17)11(15-13(16)19)14-8-3-5-9(20-2)6-4-8/h3-7,14H,1-2H3,(H,15,19). The lowest BCUT2D eigenvalue weighted by Crippen LogP contribution is -2.35. The van der Waals surface area contributed by atoms with Gasteiger partial charge >= 0.3 is 5.69 Å². The summed E-state index contributed by atoms with van der Waals surface area (Å²) in [4.78, 5) is 36.8. The second-order valence-electron chi connectivity index (χ2n) is 4.05. The predicted octanol–water partition coefficient (Wildman–Crippen LogP) is 0.638. The molecule has 2 N–H and O–H groups in total. The molecule has 2 aromatic rings. The molecule has 0 saturated carbocycles. The average Bonchev–Trinajstić information content (AvgIpc) is 2.46. The summed E-state index contributed by atoms with van der Waals surface area (Å²) in [7, 11) is 2.84. The summed E-state index contributed by atoms with van der Waals surface area (Å²) in [6.07, 6.45) is 0.407. The minimum atomic E-state index is -0.653. The zero-order valence-corrected chi connectivity index (χ0v) is 11.0. The number of H-pyrrole nitrogens is 1. The van der Waals surface area contributed by atoms with Gasteiger partial charge in [0.05, 0.1) is 7.11 Å². The first kappa shape index (κ1) is 13.6. The average molecular weight is 275 g/mol. The van der Waals surface area contributed by atoms with Crippen molar-refractivity contribution < 1.29 is 9.53 Å². The van der Waals surface area contributed by atoms with Gasteiger partial charge in [0.2, 0.25) is 0 Å². The molecule has 1 aromatic carbocycles. The van der Waals surface area contributed by atoms with E-state index in [1.165, 1.54) is 7.05 Å². The van der Waals surface area contributed by atoms with E-state index in [2.05, 4.69) is 10.3 Å². The van der Waals surface area contributed by atoms with Crippen LogP contribution in [0.1, 0.15) is 10.4 Å². The Morgan fingerprint density at radius 3 is 2.45 bits per heavy atom. The lowest BCUT2D eigenvalue weighted by Gasteiger charge is -2.09. The normalized spacial score (nSPS) is 10.1. The minimum Gasteiger partial charge on any atom is -0.497 e. The topological polar surface area (TPSA) is 93.2 Å². The van der Waals surface area contributed by atoms with Crippen molar-refractivity contribution in [3.8, 4) is 5.75 Å². The molecule has 0 bridgehead atoms. The maximum Gasteiger partial charge on any atom is 0.329 e. The van der Waals surface area contributed by atoms with E-state index >= 15 is 0 Å². The maximum absolute atomic E-state index is 11.8. The molecule has 0 spiro atoms. The fraction of sp³-hybridized carbons (Fsp3) is 0.154. The number of aromatic amines is 1. The van der Waals surface area contributed by atoms with Crippen LogP contribution in [-0.2, 0) is 7.05 Å². The van der Waals surface area contributed by atoms with Crippen molar-refractivity contribution in [2.45, 2.75) is 0 Å². The largest absolute Gasteiger partial charge is 0.497 e. The molecule has 7 heteroatoms. The van der Waals surface area contributed by atoms with E-state index in [0.29, 0.717) is 17.7 Å². The molecule has 20 heavy (non-hydrogen) atoms. The van der Waals surface area contributed by atoms with Crippen molar-refractivity contribution >= 4 is 17.8 Å². The number of nitrogens with zero attached hydrogens (tertiary/aromatic N) is 1. The summed E-state index contributed by atoms with van der Waals surface area (Å²) >= 11 is 0. The first-order valence-corrected chi connectivity index (χ1v) is 5.76. The SMILES string of the molecule is COc1ccc(Nc2[nH]c(=O)n(C)c(=O)c2C=O)cc1. The molecule has 0 saturated heterocycles. The second-order valence-corrected chi connectivity index (χ2v) is 4.05. The first-order valence-electron chi connectivity index (χ1n) is 5.76. The smallest absolute Gasteiger partial charge is 0.329 e. The quantitative estimate of drug-likeness (QED) is 0.799. The predicted molar refractivity (Wildman–Crippen MR) is 74.0 cm³/mol. The Kier molecular flexibility index (Phi) is 3.69. The van der Waals surface area contributed by atoms with Gasteiger partial charge in [-0.15, -0.1) is 0 Å². The molecular weight excluding hydrogens is 262 g/mol. The number of hydrogen-bond donors (Lipinski definition) is 2. The van der Waals surface area contributed by atoms with Gasteiger partial charge in [-0.3, -0.25) is 19.1 Å². The van der Waals surface area contributed by atoms with Crippen molar-refractivity contribution in [3.05, 3.63) is 50.7 Å². The summed E-state index contributed by atoms with van der Waals surface area (Å²) in [6.45, 7) is 0. The van der Waals surface area contributed by atoms with E-state index in [1.807, 2.05) is 0 Å². The van der Waals surface area contributed by atoms with Crippen LogP contribution < -0.4 is 21.3 Å². The van der Waals surface area contributed by atoms with Gasteiger partial charge in [-0.1, -0.05) is 0 Å². The van der Waals surface area contributed by atoms with Gasteiger partial charge < -0.3 is 10.1 Å². The van der Waals surface area contributed by atoms with Crippen LogP contribution in [0.5, 0.6) is 5.75 Å². The Labute approximate surface area is 113 Å². The lowest BCUT2D eigenvalue weighted by atomic mass is 10.2. The molecule has 0 atom stereocenters. The van der Waals surface area contributed by atoms with E-state index in [9.17, 15) is 14.4 Å². The number of rotatable bonds is 4. The molecule has 2 rings (SSSR count). The third kappa shape index (κ3) is 2.46. The van der Waals surface area contributed by atoms with Crippen molar-refractivity contribution in [2.24, 2.45) is 7.05 Å². The number of nitrogens with one attached hydrogen (secondary N) is 2. The number of aromatic nitrogens is 2. The van der Waals surface area contributed by atoms with Crippen LogP contribution in [-0.4, -0.2) is 22.9 Å². The molecule has 0 radical (unpaired) electrons. The van der Waals surface area contributed by atoms with Gasteiger partial charge in [0.15, 0.2) is 6.29 Å². The van der Waals surface area contributed by atoms with Crippen molar-refractivity contribution in [1.29, 1.82) is 0 Å². The molecule has 7 nitrogen and oxygen atoms in total. The summed E-state index contributed by atoms with van der Waals surface area (Å²) in [6, 6.07) is 6.82. The zero-order chi connectivity index (χ0) is 14.7. The number of carbonyl (C=O) groups is 1. The van der Waals surface area contributed by atoms with Crippen LogP contribution in [0.4, 0.5) is 11.5 Å². The van der Waals surface area contributed by atoms with Gasteiger partial charge in [0.25, 0.3) is 5.56 Å². The van der Waals surface area contributed by atoms with Gasteiger partial charge in [-0.25, -0.2) is 4.79 Å². The summed E-state index contributed by atoms with van der Waals surface area (Å²) < 4.78 is 5.86. The third-order valence-electron chi connectivity index (χ3n) is 2.82. The highest BCUT2D eigenvalue weighted by Crippen LogP contribution is 2.18. The van der Waals surface area contributed by atoms with E-state index < -0.39 is 11.2 Å². The fourth-order valence-corrected chi connectivity index (χ4v) is 1.66. The number of methoxy groups -OCH3 is 1. The van der Waals surface area contributed by atoms with E-state index in [-0.39, 0.29) is 11.4 Å². The Hall–Kier alpha value is -2.83. The zero-order valence-electron chi connectivity index (χ0n) is 11.0. The minimum absolute atomic E-state index is 0.0678. The lowest BCUT2D eigenvalue weighted by molar-refractivity contribution is 0.112. The van der Waals surface area contributed by atoms with Crippen LogP contribution >= 0.6 is 0 Å². The highest BCUT2D eigenvalue weighted by molar-refractivity contribution is 5.83. The van der Waals surface area contributed by atoms with Crippen molar-refractivity contribution in [3.63, 3.8) is 0 Å². The van der Waals surface area contributed by atoms with Gasteiger partial charge in [0.1, 0.15) is 17.1 Å². The van der Waals surface area contributed by atoms with Crippen molar-refractivity contribution in [1.82, 2.24) is 9.55 Å². The number of anilines is 2. The van der Waals surface area contributed by atoms with Crippen molar-refractivity contribution in [2.75, 3.05) is 12.4 Å². The second kappa shape index (κ2) is 5.43. The van der Waals surface area contributed by atoms with Crippen LogP contribution in [0, 0.1) is 0 Å². The molecular formula is C13H13N3O4. The summed E-state index contributed by atoms with van der Waals surface area (Å²) in [5, 5.41) is 2.83. The van der Waals surface area contributed by atoms with Gasteiger partial charge in [-0.05, 0) is 24.3 Å². The van der Waals surface area contributed by atoms with Gasteiger partial charge in [0, 0.05) is 12.7 Å². The molecule has 0 fully saturated rings. The molecule has 0 aliphatic carbocycles. The number of aldehydes is 1. The number of carbonyl (C=O) groups excluding carboxylic acids is 1. The molecule has 1 aromatic heterocycles. The monoisotopic (exact) mass is 275 g/mol. The van der Waals surface area contributed by atoms with Crippen LogP contribution in [0.3, 0.4) is 0 Å². The molecule has 1 heterocycles. The molecule has 0 aliphatic rings. The number of hydrogen-bond acceptors (Lipinski definition) is 5. The number of benzene rings is 1. The van der Waals surface area contributed by atoms with Gasteiger partial charge in [-0.2, -0.15) is 0 Å². The summed E-state index contributed by atoms with van der Waals surface area (Å²) in [5.74, 6) is 0.738. The molecule has 0 amide bonds.